The summed E-state index contributed by atoms with van der Waals surface area (Å²) in [5, 5.41) is 0.763. The summed E-state index contributed by atoms with van der Waals surface area (Å²) >= 11 is 0. The molecular weight excluding hydrogens is 306 g/mol. The monoisotopic (exact) mass is 329 g/mol. The highest BCUT2D eigenvalue weighted by Gasteiger charge is 2.42. The molecule has 1 saturated carbocycles. The number of nitrogens with zero attached hydrogens (tertiary/aromatic N) is 1. The molecule has 1 fully saturated rings. The van der Waals surface area contributed by atoms with Crippen LogP contribution in [0.2, 0.25) is 0 Å². The van der Waals surface area contributed by atoms with Gasteiger partial charge in [-0.3, -0.25) is 9.36 Å². The molecule has 6 nitrogen and oxygen atoms in total. The Labute approximate surface area is 140 Å². The third-order valence-electron chi connectivity index (χ3n) is 5.02. The van der Waals surface area contributed by atoms with Crippen LogP contribution in [0.25, 0.3) is 10.9 Å². The number of fused-ring (bicyclic) bond motifs is 1. The third-order valence-corrected chi connectivity index (χ3v) is 5.02. The van der Waals surface area contributed by atoms with Gasteiger partial charge in [-0.25, -0.2) is 4.79 Å². The van der Waals surface area contributed by atoms with E-state index in [4.69, 9.17) is 16.2 Å². The normalized spacial score (nSPS) is 16.9. The van der Waals surface area contributed by atoms with Crippen molar-refractivity contribution in [1.82, 2.24) is 4.57 Å². The molecule has 0 unspecified atom stereocenters. The SMILES string of the molecule is CCOc1cccc2c1c(C1(C(N)=O)CCCCC1)cn2C(N)=O. The second kappa shape index (κ2) is 6.19. The van der Waals surface area contributed by atoms with E-state index in [9.17, 15) is 9.59 Å². The number of ether oxygens (including phenoxy) is 1. The number of primary amides is 2. The fraction of sp³-hybridized carbons (Fsp3) is 0.444. The largest absolute Gasteiger partial charge is 0.493 e. The second-order valence-electron chi connectivity index (χ2n) is 6.34. The average Bonchev–Trinajstić information content (AvgIpc) is 2.97. The fourth-order valence-electron chi connectivity index (χ4n) is 3.88. The Morgan fingerprint density at radius 3 is 2.50 bits per heavy atom. The Balaban J connectivity index is 2.33. The minimum Gasteiger partial charge on any atom is -0.493 e. The van der Waals surface area contributed by atoms with Gasteiger partial charge in [0.15, 0.2) is 0 Å². The summed E-state index contributed by atoms with van der Waals surface area (Å²) in [6, 6.07) is 4.88. The Kier molecular flexibility index (Phi) is 4.22. The molecule has 1 aliphatic carbocycles. The van der Waals surface area contributed by atoms with Crippen molar-refractivity contribution in [1.29, 1.82) is 0 Å². The summed E-state index contributed by atoms with van der Waals surface area (Å²) in [7, 11) is 0. The maximum absolute atomic E-state index is 12.4. The third kappa shape index (κ3) is 2.42. The van der Waals surface area contributed by atoms with Crippen molar-refractivity contribution in [2.24, 2.45) is 11.5 Å². The van der Waals surface area contributed by atoms with E-state index < -0.39 is 11.4 Å². The number of amides is 2. The lowest BCUT2D eigenvalue weighted by Crippen LogP contribution is -2.42. The number of hydrogen-bond donors (Lipinski definition) is 2. The van der Waals surface area contributed by atoms with E-state index in [0.717, 1.165) is 30.2 Å². The number of hydrogen-bond acceptors (Lipinski definition) is 3. The number of carbonyl (C=O) groups excluding carboxylic acids is 2. The molecule has 3 rings (SSSR count). The zero-order chi connectivity index (χ0) is 17.3. The van der Waals surface area contributed by atoms with Gasteiger partial charge in [0.1, 0.15) is 5.75 Å². The summed E-state index contributed by atoms with van der Waals surface area (Å²) in [5.41, 5.74) is 12.0. The zero-order valence-corrected chi connectivity index (χ0v) is 13.9. The van der Waals surface area contributed by atoms with Gasteiger partial charge in [-0.1, -0.05) is 25.3 Å². The van der Waals surface area contributed by atoms with E-state index in [2.05, 4.69) is 0 Å². The van der Waals surface area contributed by atoms with Crippen LogP contribution in [0.5, 0.6) is 5.75 Å². The lowest BCUT2D eigenvalue weighted by molar-refractivity contribution is -0.124. The number of carbonyl (C=O) groups is 2. The Morgan fingerprint density at radius 2 is 1.92 bits per heavy atom. The molecular formula is C18H23N3O3. The van der Waals surface area contributed by atoms with Crippen molar-refractivity contribution in [2.75, 3.05) is 6.61 Å². The number of rotatable bonds is 4. The first kappa shape index (κ1) is 16.4. The molecule has 1 aromatic carbocycles. The zero-order valence-electron chi connectivity index (χ0n) is 13.9. The first-order valence-corrected chi connectivity index (χ1v) is 8.38. The van der Waals surface area contributed by atoms with Crippen LogP contribution in [0.4, 0.5) is 4.79 Å². The summed E-state index contributed by atoms with van der Waals surface area (Å²) in [6.45, 7) is 2.39. The summed E-state index contributed by atoms with van der Waals surface area (Å²) in [5.74, 6) is 0.299. The smallest absolute Gasteiger partial charge is 0.323 e. The van der Waals surface area contributed by atoms with Gasteiger partial charge in [0.2, 0.25) is 5.91 Å². The Morgan fingerprint density at radius 1 is 1.21 bits per heavy atom. The van der Waals surface area contributed by atoms with Gasteiger partial charge in [-0.05, 0) is 37.5 Å². The van der Waals surface area contributed by atoms with Crippen LogP contribution in [-0.2, 0) is 10.2 Å². The lowest BCUT2D eigenvalue weighted by atomic mass is 9.69. The maximum Gasteiger partial charge on any atom is 0.323 e. The topological polar surface area (TPSA) is 100 Å². The molecule has 0 spiro atoms. The molecule has 0 bridgehead atoms. The molecule has 0 aliphatic heterocycles. The van der Waals surface area contributed by atoms with Crippen molar-refractivity contribution in [3.05, 3.63) is 30.0 Å². The second-order valence-corrected chi connectivity index (χ2v) is 6.34. The van der Waals surface area contributed by atoms with Crippen LogP contribution >= 0.6 is 0 Å². The molecule has 2 amide bonds. The van der Waals surface area contributed by atoms with Gasteiger partial charge in [-0.15, -0.1) is 0 Å². The van der Waals surface area contributed by atoms with Gasteiger partial charge >= 0.3 is 6.03 Å². The molecule has 1 heterocycles. The predicted octanol–water partition coefficient (Wildman–Crippen LogP) is 2.65. The minimum atomic E-state index is -0.773. The van der Waals surface area contributed by atoms with E-state index in [1.807, 2.05) is 25.1 Å². The quantitative estimate of drug-likeness (QED) is 0.901. The molecule has 0 saturated heterocycles. The highest BCUT2D eigenvalue weighted by Crippen LogP contribution is 2.45. The van der Waals surface area contributed by atoms with Gasteiger partial charge < -0.3 is 16.2 Å². The molecule has 24 heavy (non-hydrogen) atoms. The van der Waals surface area contributed by atoms with Crippen molar-refractivity contribution in [3.8, 4) is 5.75 Å². The molecule has 0 radical (unpaired) electrons. The van der Waals surface area contributed by atoms with Gasteiger partial charge in [0.05, 0.1) is 17.5 Å². The minimum absolute atomic E-state index is 0.350. The molecule has 6 heteroatoms. The molecule has 1 aliphatic rings. The van der Waals surface area contributed by atoms with Crippen molar-refractivity contribution < 1.29 is 14.3 Å². The van der Waals surface area contributed by atoms with E-state index in [1.165, 1.54) is 4.57 Å². The van der Waals surface area contributed by atoms with Gasteiger partial charge in [0.25, 0.3) is 0 Å². The highest BCUT2D eigenvalue weighted by molar-refractivity contribution is 6.01. The molecule has 2 aromatic rings. The average molecular weight is 329 g/mol. The first-order valence-electron chi connectivity index (χ1n) is 8.38. The summed E-state index contributed by atoms with van der Waals surface area (Å²) in [4.78, 5) is 24.3. The fourth-order valence-corrected chi connectivity index (χ4v) is 3.88. The van der Waals surface area contributed by atoms with Crippen LogP contribution in [-0.4, -0.2) is 23.1 Å². The highest BCUT2D eigenvalue weighted by atomic mass is 16.5. The maximum atomic E-state index is 12.4. The number of benzene rings is 1. The number of aromatic nitrogens is 1. The van der Waals surface area contributed by atoms with E-state index >= 15 is 0 Å². The molecule has 1 aromatic heterocycles. The van der Waals surface area contributed by atoms with Gasteiger partial charge in [-0.2, -0.15) is 0 Å². The molecule has 0 atom stereocenters. The van der Waals surface area contributed by atoms with E-state index in [-0.39, 0.29) is 5.91 Å². The van der Waals surface area contributed by atoms with Crippen LogP contribution in [0, 0.1) is 0 Å². The van der Waals surface area contributed by atoms with Crippen molar-refractivity contribution in [2.45, 2.75) is 44.4 Å². The molecule has 4 N–H and O–H groups in total. The van der Waals surface area contributed by atoms with Crippen molar-refractivity contribution >= 4 is 22.8 Å². The van der Waals surface area contributed by atoms with E-state index in [1.54, 1.807) is 6.20 Å². The van der Waals surface area contributed by atoms with Crippen LogP contribution in [0.15, 0.2) is 24.4 Å². The Hall–Kier alpha value is -2.50. The lowest BCUT2D eigenvalue weighted by Gasteiger charge is -2.34. The Bertz CT molecular complexity index is 788. The van der Waals surface area contributed by atoms with Crippen molar-refractivity contribution in [3.63, 3.8) is 0 Å². The van der Waals surface area contributed by atoms with Crippen LogP contribution < -0.4 is 16.2 Å². The number of nitrogens with two attached hydrogens (primary N) is 2. The van der Waals surface area contributed by atoms with Crippen LogP contribution in [0.1, 0.15) is 44.6 Å². The molecule has 128 valence electrons. The summed E-state index contributed by atoms with van der Waals surface area (Å²) in [6.07, 6.45) is 5.99. The van der Waals surface area contributed by atoms with Crippen LogP contribution in [0.3, 0.4) is 0 Å². The predicted molar refractivity (Wildman–Crippen MR) is 92.0 cm³/mol. The summed E-state index contributed by atoms with van der Waals surface area (Å²) < 4.78 is 7.13. The standard InChI is InChI=1S/C18H23N3O3/c1-2-24-14-8-6-7-13-15(14)12(11-21(13)17(20)23)18(16(19)22)9-4-3-5-10-18/h6-8,11H,2-5,9-10H2,1H3,(H2,19,22)(H2,20,23). The van der Waals surface area contributed by atoms with E-state index in [0.29, 0.717) is 30.7 Å². The van der Waals surface area contributed by atoms with Gasteiger partial charge in [0, 0.05) is 11.6 Å². The first-order chi connectivity index (χ1) is 11.5.